The second-order valence-electron chi connectivity index (χ2n) is 4.52. The minimum absolute atomic E-state index is 0.0743. The van der Waals surface area contributed by atoms with Gasteiger partial charge in [0.25, 0.3) is 0 Å². The highest BCUT2D eigenvalue weighted by Crippen LogP contribution is 2.29. The Morgan fingerprint density at radius 3 is 2.48 bits per heavy atom. The van der Waals surface area contributed by atoms with E-state index in [4.69, 9.17) is 10.6 Å². The fourth-order valence-electron chi connectivity index (χ4n) is 2.14. The Bertz CT molecular complexity index is 617. The third kappa shape index (κ3) is 3.58. The average Bonchev–Trinajstić information content (AvgIpc) is 2.47. The van der Waals surface area contributed by atoms with Gasteiger partial charge in [-0.25, -0.2) is 8.78 Å². The third-order valence-corrected chi connectivity index (χ3v) is 4.00. The van der Waals surface area contributed by atoms with E-state index in [2.05, 4.69) is 21.4 Å². The van der Waals surface area contributed by atoms with E-state index < -0.39 is 17.7 Å². The van der Waals surface area contributed by atoms with Crippen LogP contribution in [0.2, 0.25) is 0 Å². The predicted molar refractivity (Wildman–Crippen MR) is 80.8 cm³/mol. The van der Waals surface area contributed by atoms with Crippen LogP contribution in [0.4, 0.5) is 8.78 Å². The molecular formula is C15H15BrF2N2O. The summed E-state index contributed by atoms with van der Waals surface area (Å²) in [6.07, 6.45) is 0.312. The van der Waals surface area contributed by atoms with Crippen LogP contribution in [0.1, 0.15) is 17.2 Å². The minimum Gasteiger partial charge on any atom is -0.497 e. The van der Waals surface area contributed by atoms with E-state index in [1.54, 1.807) is 19.2 Å². The summed E-state index contributed by atoms with van der Waals surface area (Å²) in [6, 6.07) is 8.47. The normalized spacial score (nSPS) is 12.2. The first-order valence-electron chi connectivity index (χ1n) is 6.29. The first-order chi connectivity index (χ1) is 10.1. The van der Waals surface area contributed by atoms with E-state index in [0.717, 1.165) is 10.0 Å². The van der Waals surface area contributed by atoms with Gasteiger partial charge in [-0.15, -0.1) is 0 Å². The van der Waals surface area contributed by atoms with Crippen molar-refractivity contribution in [3.8, 4) is 5.75 Å². The summed E-state index contributed by atoms with van der Waals surface area (Å²) < 4.78 is 33.7. The van der Waals surface area contributed by atoms with Gasteiger partial charge in [-0.3, -0.25) is 11.3 Å². The predicted octanol–water partition coefficient (Wildman–Crippen LogP) is 3.48. The fourth-order valence-corrected chi connectivity index (χ4v) is 2.55. The van der Waals surface area contributed by atoms with Crippen LogP contribution in [0.25, 0.3) is 0 Å². The topological polar surface area (TPSA) is 47.3 Å². The molecule has 0 saturated heterocycles. The van der Waals surface area contributed by atoms with E-state index in [0.29, 0.717) is 12.2 Å². The maximum atomic E-state index is 13.9. The molecule has 0 heterocycles. The maximum absolute atomic E-state index is 13.9. The lowest BCUT2D eigenvalue weighted by atomic mass is 9.98. The molecule has 0 spiro atoms. The van der Waals surface area contributed by atoms with Gasteiger partial charge < -0.3 is 4.74 Å². The van der Waals surface area contributed by atoms with Gasteiger partial charge in [-0.1, -0.05) is 22.0 Å². The lowest BCUT2D eigenvalue weighted by molar-refractivity contribution is 0.413. The molecule has 112 valence electrons. The van der Waals surface area contributed by atoms with Crippen molar-refractivity contribution in [1.29, 1.82) is 0 Å². The summed E-state index contributed by atoms with van der Waals surface area (Å²) >= 11 is 3.42. The molecule has 0 amide bonds. The number of ether oxygens (including phenoxy) is 1. The molecule has 0 aliphatic carbocycles. The number of hydrogen-bond donors (Lipinski definition) is 2. The molecule has 2 aromatic carbocycles. The number of methoxy groups -OCH3 is 1. The van der Waals surface area contributed by atoms with Crippen LogP contribution in [0.5, 0.6) is 5.75 Å². The number of benzene rings is 2. The zero-order chi connectivity index (χ0) is 15.4. The standard InChI is InChI=1S/C15H15BrF2N2O/c1-21-10-5-6-11(16)9(7-10)8-14(20-19)15-12(17)3-2-4-13(15)18/h2-7,14,20H,8,19H2,1H3. The molecule has 0 bridgehead atoms. The van der Waals surface area contributed by atoms with Crippen molar-refractivity contribution in [1.82, 2.24) is 5.43 Å². The smallest absolute Gasteiger partial charge is 0.130 e. The highest BCUT2D eigenvalue weighted by molar-refractivity contribution is 9.10. The third-order valence-electron chi connectivity index (χ3n) is 3.23. The van der Waals surface area contributed by atoms with Gasteiger partial charge >= 0.3 is 0 Å². The summed E-state index contributed by atoms with van der Waals surface area (Å²) in [7, 11) is 1.56. The minimum atomic E-state index is -0.686. The van der Waals surface area contributed by atoms with Crippen molar-refractivity contribution in [2.24, 2.45) is 5.84 Å². The molecule has 1 atom stereocenters. The number of hydrazine groups is 1. The number of nitrogens with two attached hydrogens (primary N) is 1. The number of hydrogen-bond acceptors (Lipinski definition) is 3. The molecule has 2 rings (SSSR count). The van der Waals surface area contributed by atoms with Gasteiger partial charge in [0.1, 0.15) is 17.4 Å². The molecule has 0 aliphatic rings. The second kappa shape index (κ2) is 6.98. The van der Waals surface area contributed by atoms with Crippen molar-refractivity contribution < 1.29 is 13.5 Å². The van der Waals surface area contributed by atoms with E-state index in [1.165, 1.54) is 18.2 Å². The average molecular weight is 357 g/mol. The fraction of sp³-hybridized carbons (Fsp3) is 0.200. The molecule has 1 unspecified atom stereocenters. The molecule has 0 radical (unpaired) electrons. The van der Waals surface area contributed by atoms with Crippen molar-refractivity contribution >= 4 is 15.9 Å². The Labute approximate surface area is 130 Å². The molecule has 2 aromatic rings. The van der Waals surface area contributed by atoms with Crippen LogP contribution < -0.4 is 16.0 Å². The number of nitrogens with one attached hydrogen (secondary N) is 1. The Hall–Kier alpha value is -1.50. The van der Waals surface area contributed by atoms with Crippen molar-refractivity contribution in [3.63, 3.8) is 0 Å². The summed E-state index contributed by atoms with van der Waals surface area (Å²) in [5, 5.41) is 0. The lowest BCUT2D eigenvalue weighted by Crippen LogP contribution is -2.31. The van der Waals surface area contributed by atoms with E-state index >= 15 is 0 Å². The van der Waals surface area contributed by atoms with Crippen LogP contribution >= 0.6 is 15.9 Å². The van der Waals surface area contributed by atoms with Crippen LogP contribution in [0, 0.1) is 11.6 Å². The first-order valence-corrected chi connectivity index (χ1v) is 7.08. The van der Waals surface area contributed by atoms with Gasteiger partial charge in [0.15, 0.2) is 0 Å². The first kappa shape index (κ1) is 15.9. The Balaban J connectivity index is 2.36. The molecule has 6 heteroatoms. The molecule has 0 aromatic heterocycles. The Kier molecular flexibility index (Phi) is 5.27. The lowest BCUT2D eigenvalue weighted by Gasteiger charge is -2.19. The molecular weight excluding hydrogens is 342 g/mol. The van der Waals surface area contributed by atoms with Gasteiger partial charge in [0, 0.05) is 10.0 Å². The molecule has 0 saturated carbocycles. The summed E-state index contributed by atoms with van der Waals surface area (Å²) in [4.78, 5) is 0. The van der Waals surface area contributed by atoms with Crippen LogP contribution in [-0.4, -0.2) is 7.11 Å². The molecule has 21 heavy (non-hydrogen) atoms. The maximum Gasteiger partial charge on any atom is 0.130 e. The van der Waals surface area contributed by atoms with Crippen LogP contribution in [0.15, 0.2) is 40.9 Å². The van der Waals surface area contributed by atoms with Gasteiger partial charge in [0.2, 0.25) is 0 Å². The summed E-state index contributed by atoms with van der Waals surface area (Å²) in [5.41, 5.74) is 3.23. The van der Waals surface area contributed by atoms with E-state index in [-0.39, 0.29) is 5.56 Å². The zero-order valence-corrected chi connectivity index (χ0v) is 13.0. The van der Waals surface area contributed by atoms with E-state index in [9.17, 15) is 8.78 Å². The Morgan fingerprint density at radius 2 is 1.90 bits per heavy atom. The zero-order valence-electron chi connectivity index (χ0n) is 11.4. The van der Waals surface area contributed by atoms with Crippen LogP contribution in [-0.2, 0) is 6.42 Å². The van der Waals surface area contributed by atoms with Gasteiger partial charge in [-0.05, 0) is 42.3 Å². The SMILES string of the molecule is COc1ccc(Br)c(CC(NN)c2c(F)cccc2F)c1. The van der Waals surface area contributed by atoms with Crippen molar-refractivity contribution in [2.75, 3.05) is 7.11 Å². The monoisotopic (exact) mass is 356 g/mol. The molecule has 3 nitrogen and oxygen atoms in total. The highest BCUT2D eigenvalue weighted by Gasteiger charge is 2.20. The molecule has 0 fully saturated rings. The van der Waals surface area contributed by atoms with Crippen LogP contribution in [0.3, 0.4) is 0 Å². The highest BCUT2D eigenvalue weighted by atomic mass is 79.9. The summed E-state index contributed by atoms with van der Waals surface area (Å²) in [6.45, 7) is 0. The quantitative estimate of drug-likeness (QED) is 0.636. The van der Waals surface area contributed by atoms with E-state index in [1.807, 2.05) is 6.07 Å². The number of rotatable bonds is 5. The van der Waals surface area contributed by atoms with Crippen molar-refractivity contribution in [3.05, 3.63) is 63.6 Å². The summed E-state index contributed by atoms with van der Waals surface area (Å²) in [5.74, 6) is 4.89. The van der Waals surface area contributed by atoms with Gasteiger partial charge in [0.05, 0.1) is 13.2 Å². The molecule has 0 aliphatic heterocycles. The Morgan fingerprint density at radius 1 is 1.24 bits per heavy atom. The number of halogens is 3. The van der Waals surface area contributed by atoms with Gasteiger partial charge in [-0.2, -0.15) is 0 Å². The van der Waals surface area contributed by atoms with Crippen molar-refractivity contribution in [2.45, 2.75) is 12.5 Å². The largest absolute Gasteiger partial charge is 0.497 e. The second-order valence-corrected chi connectivity index (χ2v) is 5.37. The molecule has 3 N–H and O–H groups in total.